The molecule has 0 spiro atoms. The van der Waals surface area contributed by atoms with Crippen molar-refractivity contribution in [2.75, 3.05) is 41.7 Å². The zero-order chi connectivity index (χ0) is 20.9. The van der Waals surface area contributed by atoms with Gasteiger partial charge in [0.1, 0.15) is 5.82 Å². The Hall–Kier alpha value is -3.61. The number of nitrogens with one attached hydrogen (secondary N) is 2. The molecule has 4 rings (SSSR count). The lowest BCUT2D eigenvalue weighted by Gasteiger charge is -2.34. The Bertz CT molecular complexity index is 1020. The van der Waals surface area contributed by atoms with E-state index in [9.17, 15) is 4.79 Å². The Morgan fingerprint density at radius 1 is 0.867 bits per heavy atom. The molecule has 1 fully saturated rings. The largest absolute Gasteiger partial charge is 0.340 e. The second-order valence-electron chi connectivity index (χ2n) is 7.46. The van der Waals surface area contributed by atoms with Crippen LogP contribution in [0.15, 0.2) is 60.7 Å². The summed E-state index contributed by atoms with van der Waals surface area (Å²) in [4.78, 5) is 25.8. The fourth-order valence-corrected chi connectivity index (χ4v) is 3.46. The smallest absolute Gasteiger partial charge is 0.321 e. The van der Waals surface area contributed by atoms with Crippen LogP contribution in [0.25, 0.3) is 0 Å². The third-order valence-electron chi connectivity index (χ3n) is 5.01. The molecule has 0 unspecified atom stereocenters. The van der Waals surface area contributed by atoms with E-state index < -0.39 is 0 Å². The van der Waals surface area contributed by atoms with E-state index in [1.165, 1.54) is 0 Å². The van der Waals surface area contributed by atoms with Gasteiger partial charge in [0.25, 0.3) is 0 Å². The van der Waals surface area contributed by atoms with Gasteiger partial charge in [0.15, 0.2) is 0 Å². The summed E-state index contributed by atoms with van der Waals surface area (Å²) in [5.41, 5.74) is 3.83. The molecule has 2 amide bonds. The Morgan fingerprint density at radius 3 is 2.33 bits per heavy atom. The van der Waals surface area contributed by atoms with Gasteiger partial charge >= 0.3 is 6.03 Å². The number of urea groups is 1. The number of hydrogen-bond donors (Lipinski definition) is 2. The Labute approximate surface area is 176 Å². The predicted octanol–water partition coefficient (Wildman–Crippen LogP) is 4.19. The number of aromatic nitrogens is 2. The number of para-hydroxylation sites is 1. The molecule has 154 valence electrons. The number of anilines is 4. The summed E-state index contributed by atoms with van der Waals surface area (Å²) >= 11 is 0. The first kappa shape index (κ1) is 19.7. The summed E-state index contributed by atoms with van der Waals surface area (Å²) in [5, 5.41) is 6.31. The van der Waals surface area contributed by atoms with Crippen molar-refractivity contribution in [3.05, 3.63) is 71.9 Å². The molecule has 1 saturated heterocycles. The van der Waals surface area contributed by atoms with Crippen molar-refractivity contribution in [2.45, 2.75) is 13.8 Å². The third-order valence-corrected chi connectivity index (χ3v) is 5.01. The van der Waals surface area contributed by atoms with E-state index in [2.05, 4.69) is 25.5 Å². The monoisotopic (exact) mass is 402 g/mol. The topological polar surface area (TPSA) is 73.4 Å². The van der Waals surface area contributed by atoms with Crippen LogP contribution in [-0.4, -0.2) is 47.1 Å². The molecule has 0 aliphatic carbocycles. The van der Waals surface area contributed by atoms with Crippen LogP contribution < -0.4 is 15.5 Å². The van der Waals surface area contributed by atoms with Crippen LogP contribution in [0.5, 0.6) is 0 Å². The number of carbonyl (C=O) groups is 1. The van der Waals surface area contributed by atoms with Gasteiger partial charge in [-0.25, -0.2) is 9.78 Å². The van der Waals surface area contributed by atoms with Crippen molar-refractivity contribution in [1.29, 1.82) is 0 Å². The molecule has 0 bridgehead atoms. The maximum absolute atomic E-state index is 12.6. The molecule has 0 atom stereocenters. The normalized spacial score (nSPS) is 13.8. The fourth-order valence-electron chi connectivity index (χ4n) is 3.46. The van der Waals surface area contributed by atoms with Crippen LogP contribution in [0.1, 0.15) is 11.3 Å². The zero-order valence-electron chi connectivity index (χ0n) is 17.3. The van der Waals surface area contributed by atoms with Gasteiger partial charge < -0.3 is 20.4 Å². The molecular formula is C23H26N6O. The van der Waals surface area contributed by atoms with Crippen molar-refractivity contribution in [3.63, 3.8) is 0 Å². The lowest BCUT2D eigenvalue weighted by atomic mass is 10.2. The minimum atomic E-state index is -0.0724. The van der Waals surface area contributed by atoms with Gasteiger partial charge in [-0.05, 0) is 43.7 Å². The first-order valence-electron chi connectivity index (χ1n) is 10.1. The number of hydrogen-bond acceptors (Lipinski definition) is 5. The van der Waals surface area contributed by atoms with Gasteiger partial charge in [-0.15, -0.1) is 0 Å². The number of amides is 2. The lowest BCUT2D eigenvalue weighted by Crippen LogP contribution is -2.50. The summed E-state index contributed by atoms with van der Waals surface area (Å²) in [6.07, 6.45) is 0. The summed E-state index contributed by atoms with van der Waals surface area (Å²) in [6.45, 7) is 6.60. The van der Waals surface area contributed by atoms with E-state index in [4.69, 9.17) is 0 Å². The van der Waals surface area contributed by atoms with Gasteiger partial charge in [0.05, 0.1) is 0 Å². The zero-order valence-corrected chi connectivity index (χ0v) is 17.3. The Morgan fingerprint density at radius 2 is 1.60 bits per heavy atom. The summed E-state index contributed by atoms with van der Waals surface area (Å²) in [5.74, 6) is 1.45. The van der Waals surface area contributed by atoms with Gasteiger partial charge in [-0.1, -0.05) is 30.3 Å². The van der Waals surface area contributed by atoms with Crippen LogP contribution in [0, 0.1) is 13.8 Å². The van der Waals surface area contributed by atoms with Gasteiger partial charge in [-0.2, -0.15) is 4.98 Å². The molecule has 2 heterocycles. The third kappa shape index (κ3) is 4.86. The van der Waals surface area contributed by atoms with E-state index >= 15 is 0 Å². The minimum absolute atomic E-state index is 0.0724. The molecular weight excluding hydrogens is 376 g/mol. The molecule has 0 saturated carbocycles. The van der Waals surface area contributed by atoms with Crippen molar-refractivity contribution >= 4 is 29.2 Å². The maximum atomic E-state index is 12.6. The summed E-state index contributed by atoms with van der Waals surface area (Å²) < 4.78 is 0. The molecule has 1 aliphatic rings. The molecule has 2 N–H and O–H groups in total. The standard InChI is InChI=1S/C23H26N6O/c1-17-7-6-10-20(15-17)26-23(30)29-13-11-28(12-14-29)22-24-18(2)16-21(27-22)25-19-8-4-3-5-9-19/h3-10,15-16H,11-14H2,1-2H3,(H,26,30)(H,24,25,27). The van der Waals surface area contributed by atoms with E-state index in [0.717, 1.165) is 28.5 Å². The van der Waals surface area contributed by atoms with Crippen molar-refractivity contribution in [3.8, 4) is 0 Å². The number of piperazine rings is 1. The minimum Gasteiger partial charge on any atom is -0.340 e. The highest BCUT2D eigenvalue weighted by Crippen LogP contribution is 2.20. The molecule has 30 heavy (non-hydrogen) atoms. The SMILES string of the molecule is Cc1cccc(NC(=O)N2CCN(c3nc(C)cc(Nc4ccccc4)n3)CC2)c1. The van der Waals surface area contributed by atoms with Crippen LogP contribution >= 0.6 is 0 Å². The van der Waals surface area contributed by atoms with Crippen LogP contribution in [-0.2, 0) is 0 Å². The molecule has 1 aliphatic heterocycles. The van der Waals surface area contributed by atoms with Gasteiger partial charge in [0.2, 0.25) is 5.95 Å². The average Bonchev–Trinajstić information content (AvgIpc) is 2.74. The number of rotatable bonds is 4. The molecule has 2 aromatic carbocycles. The van der Waals surface area contributed by atoms with E-state index in [1.54, 1.807) is 0 Å². The second kappa shape index (κ2) is 8.82. The van der Waals surface area contributed by atoms with E-state index in [1.807, 2.05) is 79.4 Å². The van der Waals surface area contributed by atoms with E-state index in [-0.39, 0.29) is 6.03 Å². The molecule has 1 aromatic heterocycles. The maximum Gasteiger partial charge on any atom is 0.321 e. The number of carbonyl (C=O) groups excluding carboxylic acids is 1. The first-order valence-corrected chi connectivity index (χ1v) is 10.1. The van der Waals surface area contributed by atoms with Crippen molar-refractivity contribution in [1.82, 2.24) is 14.9 Å². The predicted molar refractivity (Wildman–Crippen MR) is 120 cm³/mol. The van der Waals surface area contributed by atoms with Crippen LogP contribution in [0.3, 0.4) is 0 Å². The highest BCUT2D eigenvalue weighted by atomic mass is 16.2. The van der Waals surface area contributed by atoms with Crippen molar-refractivity contribution in [2.24, 2.45) is 0 Å². The van der Waals surface area contributed by atoms with Crippen molar-refractivity contribution < 1.29 is 4.79 Å². The number of aryl methyl sites for hydroxylation is 2. The molecule has 3 aromatic rings. The van der Waals surface area contributed by atoms with Gasteiger partial charge in [-0.3, -0.25) is 0 Å². The van der Waals surface area contributed by atoms with E-state index in [0.29, 0.717) is 32.1 Å². The fraction of sp³-hybridized carbons (Fsp3) is 0.261. The second-order valence-corrected chi connectivity index (χ2v) is 7.46. The quantitative estimate of drug-likeness (QED) is 0.685. The van der Waals surface area contributed by atoms with Crippen LogP contribution in [0.4, 0.5) is 27.9 Å². The highest BCUT2D eigenvalue weighted by molar-refractivity contribution is 5.89. The Kier molecular flexibility index (Phi) is 5.79. The average molecular weight is 403 g/mol. The van der Waals surface area contributed by atoms with Crippen LogP contribution in [0.2, 0.25) is 0 Å². The first-order chi connectivity index (χ1) is 14.6. The number of benzene rings is 2. The molecule has 0 radical (unpaired) electrons. The Balaban J connectivity index is 1.38. The summed E-state index contributed by atoms with van der Waals surface area (Å²) in [7, 11) is 0. The number of nitrogens with zero attached hydrogens (tertiary/aromatic N) is 4. The summed E-state index contributed by atoms with van der Waals surface area (Å²) in [6, 6.07) is 19.6. The van der Waals surface area contributed by atoms with Gasteiger partial charge in [0, 0.05) is 49.3 Å². The molecule has 7 nitrogen and oxygen atoms in total. The lowest BCUT2D eigenvalue weighted by molar-refractivity contribution is 0.208. The highest BCUT2D eigenvalue weighted by Gasteiger charge is 2.23. The molecule has 7 heteroatoms.